The summed E-state index contributed by atoms with van der Waals surface area (Å²) >= 11 is 2.48. The third-order valence-corrected chi connectivity index (χ3v) is 11.9. The van der Waals surface area contributed by atoms with Gasteiger partial charge in [0.2, 0.25) is 0 Å². The fourth-order valence-corrected chi connectivity index (χ4v) is 6.18. The molecule has 0 amide bonds. The Kier molecular flexibility index (Phi) is 6.18. The molecule has 27 heavy (non-hydrogen) atoms. The first-order valence-corrected chi connectivity index (χ1v) is 13.9. The molecule has 6 heteroatoms. The summed E-state index contributed by atoms with van der Waals surface area (Å²) in [5, 5.41) is 0.145. The molecule has 1 aliphatic heterocycles. The number of halogens is 1. The summed E-state index contributed by atoms with van der Waals surface area (Å²) in [6.07, 6.45) is -0.258. The van der Waals surface area contributed by atoms with Crippen LogP contribution in [-0.4, -0.2) is 42.4 Å². The van der Waals surface area contributed by atoms with E-state index in [1.807, 2.05) is 32.0 Å². The summed E-state index contributed by atoms with van der Waals surface area (Å²) in [5.74, 6) is -0.574. The predicted molar refractivity (Wildman–Crippen MR) is 119 cm³/mol. The summed E-state index contributed by atoms with van der Waals surface area (Å²) in [4.78, 5) is 0. The molecule has 0 bridgehead atoms. The molecule has 2 aliphatic rings. The highest BCUT2D eigenvalue weighted by atomic mass is 127. The van der Waals surface area contributed by atoms with Gasteiger partial charge < -0.3 is 18.6 Å². The van der Waals surface area contributed by atoms with Crippen LogP contribution >= 0.6 is 22.6 Å². The van der Waals surface area contributed by atoms with Gasteiger partial charge in [0.15, 0.2) is 14.1 Å². The van der Waals surface area contributed by atoms with Crippen molar-refractivity contribution in [2.45, 2.75) is 93.5 Å². The van der Waals surface area contributed by atoms with Crippen LogP contribution in [0.4, 0.5) is 0 Å². The zero-order valence-corrected chi connectivity index (χ0v) is 20.6. The van der Waals surface area contributed by atoms with Crippen molar-refractivity contribution in [2.75, 3.05) is 0 Å². The van der Waals surface area contributed by atoms with Crippen LogP contribution < -0.4 is 0 Å². The highest BCUT2D eigenvalue weighted by Gasteiger charge is 2.60. The van der Waals surface area contributed by atoms with Crippen LogP contribution in [0.3, 0.4) is 0 Å². The van der Waals surface area contributed by atoms with E-state index >= 15 is 0 Å². The fraction of sp³-hybridized carbons (Fsp3) is 0.714. The summed E-state index contributed by atoms with van der Waals surface area (Å²) in [6.45, 7) is 15.9. The van der Waals surface area contributed by atoms with Crippen LogP contribution in [0, 0.1) is 0 Å². The molecule has 0 N–H and O–H groups in total. The average Bonchev–Trinajstić information content (AvgIpc) is 2.98. The summed E-state index contributed by atoms with van der Waals surface area (Å²) < 4.78 is 25.9. The smallest absolute Gasteiger partial charge is 0.192 e. The molecule has 4 nitrogen and oxygen atoms in total. The van der Waals surface area contributed by atoms with Gasteiger partial charge >= 0.3 is 0 Å². The van der Waals surface area contributed by atoms with Crippen LogP contribution in [0.5, 0.6) is 0 Å². The maximum Gasteiger partial charge on any atom is 0.192 e. The van der Waals surface area contributed by atoms with Gasteiger partial charge in [-0.15, -0.1) is 0 Å². The maximum absolute atomic E-state index is 6.83. The van der Waals surface area contributed by atoms with Crippen LogP contribution in [0.1, 0.15) is 40.2 Å². The number of fused-ring (bicyclic) bond motifs is 1. The molecule has 1 saturated carbocycles. The quantitative estimate of drug-likeness (QED) is 0.310. The molecule has 1 aliphatic carbocycles. The molecule has 1 saturated heterocycles. The normalized spacial score (nSPS) is 33.3. The van der Waals surface area contributed by atoms with Crippen LogP contribution in [0.15, 0.2) is 30.3 Å². The molecule has 0 unspecified atom stereocenters. The topological polar surface area (TPSA) is 36.9 Å². The van der Waals surface area contributed by atoms with Gasteiger partial charge in [0.25, 0.3) is 0 Å². The van der Waals surface area contributed by atoms with Crippen LogP contribution in [0.2, 0.25) is 18.1 Å². The summed E-state index contributed by atoms with van der Waals surface area (Å²) in [7, 11) is -1.94. The van der Waals surface area contributed by atoms with Crippen LogP contribution in [-0.2, 0) is 25.2 Å². The van der Waals surface area contributed by atoms with E-state index in [9.17, 15) is 0 Å². The van der Waals surface area contributed by atoms with E-state index in [4.69, 9.17) is 18.6 Å². The van der Waals surface area contributed by atoms with Crippen molar-refractivity contribution in [3.8, 4) is 0 Å². The molecule has 0 spiro atoms. The van der Waals surface area contributed by atoms with Crippen LogP contribution in [0.25, 0.3) is 0 Å². The number of rotatable bonds is 5. The molecule has 1 aromatic rings. The van der Waals surface area contributed by atoms with Gasteiger partial charge in [-0.25, -0.2) is 0 Å². The lowest BCUT2D eigenvalue weighted by Crippen LogP contribution is -2.50. The first-order chi connectivity index (χ1) is 12.4. The van der Waals surface area contributed by atoms with Crippen molar-refractivity contribution in [1.82, 2.24) is 0 Å². The molecule has 0 radical (unpaired) electrons. The number of alkyl halides is 1. The van der Waals surface area contributed by atoms with Gasteiger partial charge in [0, 0.05) is 0 Å². The third kappa shape index (κ3) is 4.61. The van der Waals surface area contributed by atoms with Gasteiger partial charge in [-0.2, -0.15) is 0 Å². The van der Waals surface area contributed by atoms with E-state index in [1.54, 1.807) is 0 Å². The van der Waals surface area contributed by atoms with Gasteiger partial charge in [-0.05, 0) is 37.5 Å². The molecule has 1 aromatic carbocycles. The molecule has 1 heterocycles. The SMILES string of the molecule is CC1(C)O[C@H]2[C@H](OCc3ccccc3)[C@@H](O[Si](C)(C)C(C)(C)C)[C@H](I)[C@H]2O1. The third-order valence-electron chi connectivity index (χ3n) is 5.96. The second-order valence-electron chi connectivity index (χ2n) is 9.61. The van der Waals surface area contributed by atoms with Gasteiger partial charge in [-0.1, -0.05) is 73.7 Å². The van der Waals surface area contributed by atoms with E-state index in [2.05, 4.69) is 68.6 Å². The van der Waals surface area contributed by atoms with Crippen molar-refractivity contribution in [3.63, 3.8) is 0 Å². The Morgan fingerprint density at radius 1 is 1.04 bits per heavy atom. The summed E-state index contributed by atoms with van der Waals surface area (Å²) in [5.41, 5.74) is 1.16. The van der Waals surface area contributed by atoms with E-state index in [0.717, 1.165) is 5.56 Å². The Balaban J connectivity index is 1.81. The Morgan fingerprint density at radius 3 is 2.22 bits per heavy atom. The molecule has 2 fully saturated rings. The number of hydrogen-bond acceptors (Lipinski definition) is 4. The van der Waals surface area contributed by atoms with Gasteiger partial charge in [-0.3, -0.25) is 0 Å². The zero-order valence-electron chi connectivity index (χ0n) is 17.5. The summed E-state index contributed by atoms with van der Waals surface area (Å²) in [6, 6.07) is 10.3. The lowest BCUT2D eigenvalue weighted by molar-refractivity contribution is -0.178. The van der Waals surface area contributed by atoms with E-state index in [0.29, 0.717) is 6.61 Å². The molecular formula is C21H33IO4Si. The molecule has 5 atom stereocenters. The second-order valence-corrected chi connectivity index (χ2v) is 15.8. The van der Waals surface area contributed by atoms with Crippen molar-refractivity contribution >= 4 is 30.9 Å². The molecule has 152 valence electrons. The number of benzene rings is 1. The number of ether oxygens (including phenoxy) is 3. The first-order valence-electron chi connectivity index (χ1n) is 9.74. The lowest BCUT2D eigenvalue weighted by Gasteiger charge is -2.41. The predicted octanol–water partition coefficient (Wildman–Crippen LogP) is 5.30. The molecule has 0 aromatic heterocycles. The largest absolute Gasteiger partial charge is 0.410 e. The Bertz CT molecular complexity index is 643. The Morgan fingerprint density at radius 2 is 1.63 bits per heavy atom. The molecular weight excluding hydrogens is 471 g/mol. The lowest BCUT2D eigenvalue weighted by atomic mass is 10.2. The first kappa shape index (κ1) is 21.7. The standard InChI is InChI=1S/C21H33IO4Si/c1-20(2,3)27(6,7)26-17-15(22)16-19(25-21(4,5)24-16)18(17)23-13-14-11-9-8-10-12-14/h8-12,15-19H,13H2,1-7H3/t15-,16-,17+,18-,19-/m1/s1. The Hall–Kier alpha value is 0.00688. The number of hydrogen-bond donors (Lipinski definition) is 0. The minimum Gasteiger partial charge on any atom is -0.410 e. The minimum atomic E-state index is -1.94. The average molecular weight is 504 g/mol. The second kappa shape index (κ2) is 7.68. The van der Waals surface area contributed by atoms with E-state index in [-0.39, 0.29) is 33.4 Å². The zero-order chi connectivity index (χ0) is 20.0. The maximum atomic E-state index is 6.83. The van der Waals surface area contributed by atoms with E-state index in [1.165, 1.54) is 0 Å². The van der Waals surface area contributed by atoms with Gasteiger partial charge in [0.1, 0.15) is 18.3 Å². The van der Waals surface area contributed by atoms with Crippen molar-refractivity contribution in [3.05, 3.63) is 35.9 Å². The Labute approximate surface area is 178 Å². The van der Waals surface area contributed by atoms with Crippen molar-refractivity contribution < 1.29 is 18.6 Å². The van der Waals surface area contributed by atoms with E-state index < -0.39 is 14.1 Å². The van der Waals surface area contributed by atoms with Crippen molar-refractivity contribution in [2.24, 2.45) is 0 Å². The highest BCUT2D eigenvalue weighted by Crippen LogP contribution is 2.47. The minimum absolute atomic E-state index is 0.00357. The van der Waals surface area contributed by atoms with Gasteiger partial charge in [0.05, 0.1) is 16.6 Å². The highest BCUT2D eigenvalue weighted by molar-refractivity contribution is 14.1. The monoisotopic (exact) mass is 504 g/mol. The van der Waals surface area contributed by atoms with Crippen molar-refractivity contribution in [1.29, 1.82) is 0 Å². The fourth-order valence-electron chi connectivity index (χ4n) is 3.48. The molecule has 3 rings (SSSR count).